The summed E-state index contributed by atoms with van der Waals surface area (Å²) in [6.07, 6.45) is 0.511. The Morgan fingerprint density at radius 2 is 1.90 bits per heavy atom. The molecule has 1 rings (SSSR count). The molecule has 1 aromatic carbocycles. The van der Waals surface area contributed by atoms with E-state index in [9.17, 15) is 9.59 Å². The second-order valence-electron chi connectivity index (χ2n) is 4.25. The molecule has 0 spiro atoms. The van der Waals surface area contributed by atoms with Crippen LogP contribution in [0, 0.1) is 0 Å². The molecular weight excluding hydrogens is 280 g/mol. The van der Waals surface area contributed by atoms with E-state index in [-0.39, 0.29) is 18.2 Å². The van der Waals surface area contributed by atoms with Gasteiger partial charge in [0.2, 0.25) is 11.8 Å². The van der Waals surface area contributed by atoms with E-state index in [2.05, 4.69) is 10.6 Å². The van der Waals surface area contributed by atoms with Gasteiger partial charge < -0.3 is 15.4 Å². The highest BCUT2D eigenvalue weighted by Crippen LogP contribution is 2.10. The number of halogens is 1. The molecule has 20 heavy (non-hydrogen) atoms. The van der Waals surface area contributed by atoms with Crippen LogP contribution in [0.4, 0.5) is 0 Å². The molecule has 0 bridgehead atoms. The maximum Gasteiger partial charge on any atom is 0.229 e. The Hall–Kier alpha value is -1.59. The van der Waals surface area contributed by atoms with E-state index in [1.165, 1.54) is 0 Å². The van der Waals surface area contributed by atoms with E-state index in [0.29, 0.717) is 31.1 Å². The van der Waals surface area contributed by atoms with Crippen molar-refractivity contribution in [2.75, 3.05) is 26.8 Å². The first-order valence-corrected chi connectivity index (χ1v) is 6.76. The predicted octanol–water partition coefficient (Wildman–Crippen LogP) is 1.15. The quantitative estimate of drug-likeness (QED) is 0.559. The lowest BCUT2D eigenvalue weighted by Gasteiger charge is -2.06. The van der Waals surface area contributed by atoms with Gasteiger partial charge >= 0.3 is 0 Å². The molecule has 0 aliphatic heterocycles. The highest BCUT2D eigenvalue weighted by atomic mass is 35.5. The second-order valence-corrected chi connectivity index (χ2v) is 4.69. The van der Waals surface area contributed by atoms with Crippen LogP contribution in [0.2, 0.25) is 5.02 Å². The first kappa shape index (κ1) is 16.5. The highest BCUT2D eigenvalue weighted by molar-refractivity contribution is 6.30. The van der Waals surface area contributed by atoms with Gasteiger partial charge in [-0.25, -0.2) is 0 Å². The molecule has 110 valence electrons. The van der Waals surface area contributed by atoms with Crippen LogP contribution >= 0.6 is 11.6 Å². The average molecular weight is 299 g/mol. The molecule has 2 amide bonds. The van der Waals surface area contributed by atoms with Crippen molar-refractivity contribution in [1.82, 2.24) is 10.6 Å². The number of carbonyl (C=O) groups excluding carboxylic acids is 2. The van der Waals surface area contributed by atoms with E-state index in [4.69, 9.17) is 16.3 Å². The molecule has 0 radical (unpaired) electrons. The number of rotatable bonds is 8. The number of hydrogen-bond donors (Lipinski definition) is 2. The predicted molar refractivity (Wildman–Crippen MR) is 77.7 cm³/mol. The van der Waals surface area contributed by atoms with Crippen molar-refractivity contribution in [3.8, 4) is 0 Å². The van der Waals surface area contributed by atoms with Crippen LogP contribution in [0.3, 0.4) is 0 Å². The molecular formula is C14H19ClN2O3. The van der Waals surface area contributed by atoms with Crippen LogP contribution in [0.15, 0.2) is 24.3 Å². The van der Waals surface area contributed by atoms with Gasteiger partial charge in [0.05, 0.1) is 6.61 Å². The number of ether oxygens (including phenoxy) is 1. The summed E-state index contributed by atoms with van der Waals surface area (Å²) < 4.78 is 4.79. The van der Waals surface area contributed by atoms with Crippen LogP contribution < -0.4 is 10.6 Å². The number of hydrogen-bond acceptors (Lipinski definition) is 3. The molecule has 0 heterocycles. The van der Waals surface area contributed by atoms with Crippen LogP contribution in [-0.2, 0) is 20.7 Å². The van der Waals surface area contributed by atoms with Crippen LogP contribution in [0.5, 0.6) is 0 Å². The monoisotopic (exact) mass is 298 g/mol. The third kappa shape index (κ3) is 7.11. The van der Waals surface area contributed by atoms with E-state index in [0.717, 1.165) is 5.56 Å². The molecule has 2 N–H and O–H groups in total. The van der Waals surface area contributed by atoms with Gasteiger partial charge in [-0.15, -0.1) is 0 Å². The van der Waals surface area contributed by atoms with Crippen molar-refractivity contribution in [2.45, 2.75) is 12.8 Å². The minimum absolute atomic E-state index is 0.167. The van der Waals surface area contributed by atoms with Gasteiger partial charge in [-0.2, -0.15) is 0 Å². The summed E-state index contributed by atoms with van der Waals surface area (Å²) >= 11 is 5.87. The number of methoxy groups -OCH3 is 1. The summed E-state index contributed by atoms with van der Waals surface area (Å²) in [5.41, 5.74) is 1.04. The van der Waals surface area contributed by atoms with Crippen molar-refractivity contribution in [1.29, 1.82) is 0 Å². The minimum atomic E-state index is -0.303. The van der Waals surface area contributed by atoms with E-state index >= 15 is 0 Å². The third-order valence-corrected chi connectivity index (χ3v) is 2.81. The highest BCUT2D eigenvalue weighted by Gasteiger charge is 2.08. The summed E-state index contributed by atoms with van der Waals surface area (Å²) in [5, 5.41) is 5.96. The zero-order valence-electron chi connectivity index (χ0n) is 11.4. The molecule has 0 aromatic heterocycles. The standard InChI is InChI=1S/C14H19ClN2O3/c1-20-8-7-17-14(19)10-13(18)16-6-5-11-3-2-4-12(15)9-11/h2-4,9H,5-8,10H2,1H3,(H,16,18)(H,17,19). The SMILES string of the molecule is COCCNC(=O)CC(=O)NCCc1cccc(Cl)c1. The van der Waals surface area contributed by atoms with Crippen molar-refractivity contribution < 1.29 is 14.3 Å². The number of amides is 2. The summed E-state index contributed by atoms with van der Waals surface area (Å²) in [4.78, 5) is 22.9. The lowest BCUT2D eigenvalue weighted by atomic mass is 10.1. The van der Waals surface area contributed by atoms with E-state index in [1.54, 1.807) is 13.2 Å². The van der Waals surface area contributed by atoms with Gasteiger partial charge in [0.15, 0.2) is 0 Å². The van der Waals surface area contributed by atoms with Crippen molar-refractivity contribution >= 4 is 23.4 Å². The van der Waals surface area contributed by atoms with Gasteiger partial charge in [-0.1, -0.05) is 23.7 Å². The molecule has 5 nitrogen and oxygen atoms in total. The van der Waals surface area contributed by atoms with Crippen molar-refractivity contribution in [3.05, 3.63) is 34.9 Å². The summed E-state index contributed by atoms with van der Waals surface area (Å²) in [6.45, 7) is 1.32. The molecule has 0 atom stereocenters. The number of benzene rings is 1. The lowest BCUT2D eigenvalue weighted by molar-refractivity contribution is -0.129. The maximum absolute atomic E-state index is 11.5. The molecule has 0 aliphatic carbocycles. The average Bonchev–Trinajstić information content (AvgIpc) is 2.39. The Kier molecular flexibility index (Phi) is 7.69. The van der Waals surface area contributed by atoms with Crippen LogP contribution in [0.1, 0.15) is 12.0 Å². The van der Waals surface area contributed by atoms with Gasteiger partial charge in [0.1, 0.15) is 6.42 Å². The first-order valence-electron chi connectivity index (χ1n) is 6.38. The third-order valence-electron chi connectivity index (χ3n) is 2.57. The van der Waals surface area contributed by atoms with Gasteiger partial charge in [-0.05, 0) is 24.1 Å². The fourth-order valence-electron chi connectivity index (χ4n) is 1.60. The minimum Gasteiger partial charge on any atom is -0.383 e. The molecule has 0 aliphatic rings. The van der Waals surface area contributed by atoms with Gasteiger partial charge in [-0.3, -0.25) is 9.59 Å². The van der Waals surface area contributed by atoms with Crippen molar-refractivity contribution in [2.24, 2.45) is 0 Å². The van der Waals surface area contributed by atoms with E-state index < -0.39 is 0 Å². The Labute approximate surface area is 123 Å². The Morgan fingerprint density at radius 1 is 1.20 bits per heavy atom. The Morgan fingerprint density at radius 3 is 2.55 bits per heavy atom. The smallest absolute Gasteiger partial charge is 0.229 e. The van der Waals surface area contributed by atoms with E-state index in [1.807, 2.05) is 18.2 Å². The van der Waals surface area contributed by atoms with Crippen molar-refractivity contribution in [3.63, 3.8) is 0 Å². The Balaban J connectivity index is 2.18. The zero-order valence-corrected chi connectivity index (χ0v) is 12.2. The molecule has 6 heteroatoms. The summed E-state index contributed by atoms with van der Waals surface area (Å²) in [5.74, 6) is -0.593. The van der Waals surface area contributed by atoms with Gasteiger partial charge in [0, 0.05) is 25.2 Å². The van der Waals surface area contributed by atoms with Crippen LogP contribution in [-0.4, -0.2) is 38.6 Å². The number of carbonyl (C=O) groups is 2. The largest absolute Gasteiger partial charge is 0.383 e. The topological polar surface area (TPSA) is 67.4 Å². The first-order chi connectivity index (χ1) is 9.61. The fraction of sp³-hybridized carbons (Fsp3) is 0.429. The summed E-state index contributed by atoms with van der Waals surface area (Å²) in [6, 6.07) is 7.46. The molecule has 0 fully saturated rings. The molecule has 0 unspecified atom stereocenters. The molecule has 0 saturated heterocycles. The van der Waals surface area contributed by atoms with Gasteiger partial charge in [0.25, 0.3) is 0 Å². The zero-order chi connectivity index (χ0) is 14.8. The fourth-order valence-corrected chi connectivity index (χ4v) is 1.81. The Bertz CT molecular complexity index is 452. The normalized spacial score (nSPS) is 10.1. The second kappa shape index (κ2) is 9.34. The number of nitrogens with one attached hydrogen (secondary N) is 2. The molecule has 1 aromatic rings. The lowest BCUT2D eigenvalue weighted by Crippen LogP contribution is -2.34. The molecule has 0 saturated carbocycles. The maximum atomic E-state index is 11.5. The summed E-state index contributed by atoms with van der Waals surface area (Å²) in [7, 11) is 1.55. The van der Waals surface area contributed by atoms with Crippen LogP contribution in [0.25, 0.3) is 0 Å².